The minimum Gasteiger partial charge on any atom is -0.496 e. The van der Waals surface area contributed by atoms with Crippen LogP contribution in [-0.4, -0.2) is 41.6 Å². The van der Waals surface area contributed by atoms with E-state index in [2.05, 4.69) is 15.1 Å². The zero-order valence-electron chi connectivity index (χ0n) is 14.4. The van der Waals surface area contributed by atoms with Gasteiger partial charge in [-0.25, -0.2) is 0 Å². The van der Waals surface area contributed by atoms with Crippen molar-refractivity contribution in [1.82, 2.24) is 10.2 Å². The molecule has 1 aliphatic rings. The van der Waals surface area contributed by atoms with Crippen LogP contribution in [0.1, 0.15) is 26.2 Å². The summed E-state index contributed by atoms with van der Waals surface area (Å²) in [5, 5.41) is 18.8. The van der Waals surface area contributed by atoms with E-state index in [9.17, 15) is 5.11 Å². The van der Waals surface area contributed by atoms with Crippen molar-refractivity contribution in [2.24, 2.45) is 5.92 Å². The number of ether oxygens (including phenoxy) is 1. The SMILES string of the molecule is CCC(O)C1CCN(c2ccc(-c3ccccc3OC)nn2)CC1. The van der Waals surface area contributed by atoms with E-state index in [4.69, 9.17) is 4.74 Å². The van der Waals surface area contributed by atoms with Crippen molar-refractivity contribution in [3.63, 3.8) is 0 Å². The molecule has 1 unspecified atom stereocenters. The van der Waals surface area contributed by atoms with Gasteiger partial charge in [0, 0.05) is 18.7 Å². The molecule has 5 nitrogen and oxygen atoms in total. The molecule has 1 saturated heterocycles. The van der Waals surface area contributed by atoms with E-state index in [1.165, 1.54) is 0 Å². The average Bonchev–Trinajstić information content (AvgIpc) is 2.67. The summed E-state index contributed by atoms with van der Waals surface area (Å²) in [4.78, 5) is 2.25. The zero-order valence-corrected chi connectivity index (χ0v) is 14.4. The van der Waals surface area contributed by atoms with Gasteiger partial charge in [0.1, 0.15) is 5.75 Å². The lowest BCUT2D eigenvalue weighted by atomic mass is 9.90. The molecule has 0 saturated carbocycles. The molecule has 128 valence electrons. The maximum absolute atomic E-state index is 9.99. The number of aliphatic hydroxyl groups is 1. The highest BCUT2D eigenvalue weighted by Gasteiger charge is 2.25. The second kappa shape index (κ2) is 7.62. The van der Waals surface area contributed by atoms with Crippen LogP contribution in [-0.2, 0) is 0 Å². The molecular formula is C19H25N3O2. The summed E-state index contributed by atoms with van der Waals surface area (Å²) in [5.41, 5.74) is 1.76. The predicted molar refractivity (Wildman–Crippen MR) is 95.3 cm³/mol. The summed E-state index contributed by atoms with van der Waals surface area (Å²) < 4.78 is 5.39. The Bertz CT molecular complexity index is 652. The number of aromatic nitrogens is 2. The number of benzene rings is 1. The number of anilines is 1. The molecule has 5 heteroatoms. The highest BCUT2D eigenvalue weighted by molar-refractivity contribution is 5.67. The van der Waals surface area contributed by atoms with Crippen molar-refractivity contribution in [1.29, 1.82) is 0 Å². The number of nitrogens with zero attached hydrogens (tertiary/aromatic N) is 3. The molecule has 0 spiro atoms. The normalized spacial score (nSPS) is 16.9. The summed E-state index contributed by atoms with van der Waals surface area (Å²) >= 11 is 0. The van der Waals surface area contributed by atoms with Crippen LogP contribution in [0.4, 0.5) is 5.82 Å². The first-order chi connectivity index (χ1) is 11.7. The second-order valence-electron chi connectivity index (χ2n) is 6.28. The van der Waals surface area contributed by atoms with E-state index >= 15 is 0 Å². The van der Waals surface area contributed by atoms with Gasteiger partial charge < -0.3 is 14.7 Å². The van der Waals surface area contributed by atoms with Gasteiger partial charge in [0.25, 0.3) is 0 Å². The monoisotopic (exact) mass is 327 g/mol. The fraction of sp³-hybridized carbons (Fsp3) is 0.474. The molecule has 1 aromatic heterocycles. The standard InChI is InChI=1S/C19H25N3O2/c1-3-17(23)14-10-12-22(13-11-14)19-9-8-16(20-21-19)15-6-4-5-7-18(15)24-2/h4-9,14,17,23H,3,10-13H2,1-2H3. The van der Waals surface area contributed by atoms with Crippen molar-refractivity contribution in [3.8, 4) is 17.0 Å². The fourth-order valence-corrected chi connectivity index (χ4v) is 3.34. The Balaban J connectivity index is 1.69. The fourth-order valence-electron chi connectivity index (χ4n) is 3.34. The third-order valence-electron chi connectivity index (χ3n) is 4.86. The molecule has 1 atom stereocenters. The predicted octanol–water partition coefficient (Wildman–Crippen LogP) is 3.14. The topological polar surface area (TPSA) is 58.5 Å². The Kier molecular flexibility index (Phi) is 5.30. The first-order valence-electron chi connectivity index (χ1n) is 8.63. The average molecular weight is 327 g/mol. The molecule has 1 N–H and O–H groups in total. The van der Waals surface area contributed by atoms with Crippen LogP contribution in [0, 0.1) is 5.92 Å². The van der Waals surface area contributed by atoms with E-state index in [0.717, 1.165) is 55.2 Å². The van der Waals surface area contributed by atoms with Crippen molar-refractivity contribution in [2.75, 3.05) is 25.1 Å². The van der Waals surface area contributed by atoms with Crippen LogP contribution in [0.15, 0.2) is 36.4 Å². The summed E-state index contributed by atoms with van der Waals surface area (Å²) in [6.45, 7) is 3.88. The molecule has 2 heterocycles. The van der Waals surface area contributed by atoms with Gasteiger partial charge in [0.05, 0.1) is 18.9 Å². The Morgan fingerprint density at radius 2 is 1.92 bits per heavy atom. The van der Waals surface area contributed by atoms with Gasteiger partial charge in [-0.3, -0.25) is 0 Å². The number of piperidine rings is 1. The molecular weight excluding hydrogens is 302 g/mol. The van der Waals surface area contributed by atoms with E-state index in [1.54, 1.807) is 7.11 Å². The van der Waals surface area contributed by atoms with Crippen molar-refractivity contribution in [3.05, 3.63) is 36.4 Å². The van der Waals surface area contributed by atoms with E-state index < -0.39 is 0 Å². The molecule has 0 radical (unpaired) electrons. The zero-order chi connectivity index (χ0) is 16.9. The largest absolute Gasteiger partial charge is 0.496 e. The number of hydrogen-bond donors (Lipinski definition) is 1. The summed E-state index contributed by atoms with van der Waals surface area (Å²) in [6.07, 6.45) is 2.67. The van der Waals surface area contributed by atoms with Gasteiger partial charge in [-0.05, 0) is 49.4 Å². The van der Waals surface area contributed by atoms with Gasteiger partial charge in [0.15, 0.2) is 5.82 Å². The van der Waals surface area contributed by atoms with E-state index in [0.29, 0.717) is 5.92 Å². The lowest BCUT2D eigenvalue weighted by Crippen LogP contribution is -2.38. The molecule has 0 amide bonds. The Morgan fingerprint density at radius 1 is 1.17 bits per heavy atom. The first kappa shape index (κ1) is 16.7. The molecule has 0 bridgehead atoms. The summed E-state index contributed by atoms with van der Waals surface area (Å²) in [7, 11) is 1.66. The van der Waals surface area contributed by atoms with Gasteiger partial charge in [-0.15, -0.1) is 10.2 Å². The van der Waals surface area contributed by atoms with Crippen LogP contribution >= 0.6 is 0 Å². The number of methoxy groups -OCH3 is 1. The third kappa shape index (κ3) is 3.51. The van der Waals surface area contributed by atoms with Gasteiger partial charge in [-0.2, -0.15) is 0 Å². The number of hydrogen-bond acceptors (Lipinski definition) is 5. The Morgan fingerprint density at radius 3 is 2.54 bits per heavy atom. The van der Waals surface area contributed by atoms with Gasteiger partial charge in [-0.1, -0.05) is 19.1 Å². The quantitative estimate of drug-likeness (QED) is 0.914. The van der Waals surface area contributed by atoms with Crippen LogP contribution < -0.4 is 9.64 Å². The molecule has 2 aromatic rings. The van der Waals surface area contributed by atoms with Crippen molar-refractivity contribution >= 4 is 5.82 Å². The number of rotatable bonds is 5. The van der Waals surface area contributed by atoms with Gasteiger partial charge in [0.2, 0.25) is 0 Å². The molecule has 1 aromatic carbocycles. The minimum atomic E-state index is -0.175. The lowest BCUT2D eigenvalue weighted by Gasteiger charge is -2.34. The molecule has 24 heavy (non-hydrogen) atoms. The second-order valence-corrected chi connectivity index (χ2v) is 6.28. The molecule has 3 rings (SSSR count). The third-order valence-corrected chi connectivity index (χ3v) is 4.86. The first-order valence-corrected chi connectivity index (χ1v) is 8.63. The van der Waals surface area contributed by atoms with Crippen LogP contribution in [0.25, 0.3) is 11.3 Å². The Labute approximate surface area is 143 Å². The smallest absolute Gasteiger partial charge is 0.151 e. The minimum absolute atomic E-state index is 0.175. The van der Waals surface area contributed by atoms with Crippen LogP contribution in [0.2, 0.25) is 0 Å². The van der Waals surface area contributed by atoms with Crippen molar-refractivity contribution < 1.29 is 9.84 Å². The lowest BCUT2D eigenvalue weighted by molar-refractivity contribution is 0.0892. The Hall–Kier alpha value is -2.14. The van der Waals surface area contributed by atoms with Crippen LogP contribution in [0.5, 0.6) is 5.75 Å². The van der Waals surface area contributed by atoms with E-state index in [1.807, 2.05) is 43.3 Å². The highest BCUT2D eigenvalue weighted by Crippen LogP contribution is 2.29. The molecule has 1 aliphatic heterocycles. The maximum Gasteiger partial charge on any atom is 0.151 e. The molecule has 1 fully saturated rings. The van der Waals surface area contributed by atoms with Crippen LogP contribution in [0.3, 0.4) is 0 Å². The summed E-state index contributed by atoms with van der Waals surface area (Å²) in [5.74, 6) is 2.11. The molecule has 0 aliphatic carbocycles. The van der Waals surface area contributed by atoms with Gasteiger partial charge >= 0.3 is 0 Å². The number of para-hydroxylation sites is 1. The number of aliphatic hydroxyl groups excluding tert-OH is 1. The van der Waals surface area contributed by atoms with Crippen molar-refractivity contribution in [2.45, 2.75) is 32.3 Å². The van der Waals surface area contributed by atoms with E-state index in [-0.39, 0.29) is 6.10 Å². The maximum atomic E-state index is 9.99. The summed E-state index contributed by atoms with van der Waals surface area (Å²) in [6, 6.07) is 11.8. The highest BCUT2D eigenvalue weighted by atomic mass is 16.5.